The normalized spacial score (nSPS) is 22.4. The van der Waals surface area contributed by atoms with Gasteiger partial charge in [0.1, 0.15) is 6.54 Å². The number of hydrogen-bond acceptors (Lipinski definition) is 3. The number of rotatable bonds is 4. The number of halogens is 3. The summed E-state index contributed by atoms with van der Waals surface area (Å²) in [6.07, 6.45) is -4.32. The molecule has 2 aliphatic rings. The molecule has 1 aromatic carbocycles. The maximum absolute atomic E-state index is 12.7. The largest absolute Gasteiger partial charge is 0.481 e. The van der Waals surface area contributed by atoms with Crippen LogP contribution in [0.1, 0.15) is 24.8 Å². The van der Waals surface area contributed by atoms with E-state index < -0.39 is 35.9 Å². The third-order valence-corrected chi connectivity index (χ3v) is 5.60. The molecule has 1 aromatic rings. The topological polar surface area (TPSA) is 77.9 Å². The monoisotopic (exact) mass is 398 g/mol. The highest BCUT2D eigenvalue weighted by molar-refractivity contribution is 5.89. The van der Waals surface area contributed by atoms with Crippen LogP contribution in [0.3, 0.4) is 0 Å². The Morgan fingerprint density at radius 1 is 1.14 bits per heavy atom. The first-order chi connectivity index (χ1) is 13.1. The molecule has 0 aliphatic carbocycles. The fourth-order valence-electron chi connectivity index (χ4n) is 4.06. The highest BCUT2D eigenvalue weighted by Gasteiger charge is 2.46. The summed E-state index contributed by atoms with van der Waals surface area (Å²) in [5.74, 6) is -2.84. The number of piperidine rings is 1. The molecule has 2 heterocycles. The smallest absolute Gasteiger partial charge is 0.406 e. The molecule has 2 amide bonds. The number of carboxylic acids is 1. The quantitative estimate of drug-likeness (QED) is 0.842. The van der Waals surface area contributed by atoms with Gasteiger partial charge in [-0.2, -0.15) is 13.2 Å². The second-order valence-corrected chi connectivity index (χ2v) is 7.37. The summed E-state index contributed by atoms with van der Waals surface area (Å²) in [7, 11) is 0. The molecule has 2 saturated heterocycles. The van der Waals surface area contributed by atoms with E-state index in [0.717, 1.165) is 0 Å². The minimum Gasteiger partial charge on any atom is -0.481 e. The summed E-state index contributed by atoms with van der Waals surface area (Å²) in [5.41, 5.74) is -0.423. The van der Waals surface area contributed by atoms with E-state index in [1.54, 1.807) is 30.3 Å². The van der Waals surface area contributed by atoms with Crippen molar-refractivity contribution in [3.8, 4) is 0 Å². The molecule has 0 aromatic heterocycles. The maximum Gasteiger partial charge on any atom is 0.406 e. The Morgan fingerprint density at radius 2 is 1.75 bits per heavy atom. The molecule has 28 heavy (non-hydrogen) atoms. The van der Waals surface area contributed by atoms with E-state index in [4.69, 9.17) is 0 Å². The van der Waals surface area contributed by atoms with Crippen molar-refractivity contribution in [2.24, 2.45) is 5.92 Å². The molecule has 9 heteroatoms. The molecule has 1 unspecified atom stereocenters. The SMILES string of the molecule is O=C1CC(C(=O)N2CCC(C(=O)O)(c3ccccc3)CC2)CN1CC(F)(F)F. The third kappa shape index (κ3) is 3.98. The lowest BCUT2D eigenvalue weighted by atomic mass is 9.72. The molecule has 2 fully saturated rings. The Kier molecular flexibility index (Phi) is 5.36. The van der Waals surface area contributed by atoms with Crippen LogP contribution in [-0.4, -0.2) is 65.0 Å². The lowest BCUT2D eigenvalue weighted by Gasteiger charge is -2.40. The second-order valence-electron chi connectivity index (χ2n) is 7.37. The summed E-state index contributed by atoms with van der Waals surface area (Å²) >= 11 is 0. The average Bonchev–Trinajstić information content (AvgIpc) is 3.00. The Balaban J connectivity index is 1.65. The van der Waals surface area contributed by atoms with Gasteiger partial charge >= 0.3 is 12.1 Å². The van der Waals surface area contributed by atoms with Crippen molar-refractivity contribution in [2.45, 2.75) is 30.9 Å². The van der Waals surface area contributed by atoms with Crippen LogP contribution in [0.15, 0.2) is 30.3 Å². The van der Waals surface area contributed by atoms with Gasteiger partial charge in [-0.1, -0.05) is 30.3 Å². The number of hydrogen-bond donors (Lipinski definition) is 1. The van der Waals surface area contributed by atoms with Gasteiger partial charge in [0, 0.05) is 26.1 Å². The van der Waals surface area contributed by atoms with E-state index in [1.807, 2.05) is 0 Å². The number of carbonyl (C=O) groups is 3. The van der Waals surface area contributed by atoms with Gasteiger partial charge in [-0.15, -0.1) is 0 Å². The number of aliphatic carboxylic acids is 1. The lowest BCUT2D eigenvalue weighted by molar-refractivity contribution is -0.157. The van der Waals surface area contributed by atoms with Crippen LogP contribution in [0.25, 0.3) is 0 Å². The molecule has 0 spiro atoms. The number of carbonyl (C=O) groups excluding carboxylic acids is 2. The molecular formula is C19H21F3N2O4. The summed E-state index contributed by atoms with van der Waals surface area (Å²) in [5, 5.41) is 9.79. The Hall–Kier alpha value is -2.58. The summed E-state index contributed by atoms with van der Waals surface area (Å²) < 4.78 is 37.6. The molecule has 1 N–H and O–H groups in total. The first-order valence-electron chi connectivity index (χ1n) is 9.05. The van der Waals surface area contributed by atoms with Crippen LogP contribution in [0.4, 0.5) is 13.2 Å². The molecule has 1 atom stereocenters. The van der Waals surface area contributed by atoms with E-state index in [9.17, 15) is 32.7 Å². The maximum atomic E-state index is 12.7. The zero-order valence-electron chi connectivity index (χ0n) is 15.1. The van der Waals surface area contributed by atoms with Gasteiger partial charge in [-0.05, 0) is 18.4 Å². The van der Waals surface area contributed by atoms with Crippen molar-refractivity contribution in [1.82, 2.24) is 9.80 Å². The van der Waals surface area contributed by atoms with Crippen molar-refractivity contribution < 1.29 is 32.7 Å². The zero-order valence-corrected chi connectivity index (χ0v) is 15.1. The molecule has 6 nitrogen and oxygen atoms in total. The van der Waals surface area contributed by atoms with Gasteiger partial charge in [0.25, 0.3) is 0 Å². The van der Waals surface area contributed by atoms with Gasteiger partial charge in [0.2, 0.25) is 11.8 Å². The van der Waals surface area contributed by atoms with Crippen LogP contribution in [-0.2, 0) is 19.8 Å². The number of benzene rings is 1. The third-order valence-electron chi connectivity index (χ3n) is 5.60. The molecule has 0 bridgehead atoms. The standard InChI is InChI=1S/C19H21F3N2O4/c20-19(21,22)12-24-11-13(10-15(24)25)16(26)23-8-6-18(7-9-23,17(27)28)14-4-2-1-3-5-14/h1-5,13H,6-12H2,(H,27,28). The van der Waals surface area contributed by atoms with Crippen molar-refractivity contribution in [3.63, 3.8) is 0 Å². The highest BCUT2D eigenvalue weighted by atomic mass is 19.4. The second kappa shape index (κ2) is 7.44. The minimum atomic E-state index is -4.50. The number of amides is 2. The molecule has 152 valence electrons. The van der Waals surface area contributed by atoms with Crippen LogP contribution >= 0.6 is 0 Å². The van der Waals surface area contributed by atoms with Gasteiger partial charge in [-0.25, -0.2) is 0 Å². The first-order valence-corrected chi connectivity index (χ1v) is 9.05. The van der Waals surface area contributed by atoms with Crippen LogP contribution in [0, 0.1) is 5.92 Å². The van der Waals surface area contributed by atoms with Gasteiger partial charge in [0.05, 0.1) is 11.3 Å². The molecule has 0 saturated carbocycles. The van der Waals surface area contributed by atoms with Gasteiger partial charge in [0.15, 0.2) is 0 Å². The number of likely N-dealkylation sites (tertiary alicyclic amines) is 2. The van der Waals surface area contributed by atoms with E-state index in [1.165, 1.54) is 4.90 Å². The lowest BCUT2D eigenvalue weighted by Crippen LogP contribution is -2.50. The van der Waals surface area contributed by atoms with Crippen molar-refractivity contribution >= 4 is 17.8 Å². The van der Waals surface area contributed by atoms with Crippen LogP contribution in [0.2, 0.25) is 0 Å². The number of nitrogens with zero attached hydrogens (tertiary/aromatic N) is 2. The highest BCUT2D eigenvalue weighted by Crippen LogP contribution is 2.37. The molecule has 3 rings (SSSR count). The summed E-state index contributed by atoms with van der Waals surface area (Å²) in [6.45, 7) is -1.24. The van der Waals surface area contributed by atoms with E-state index in [0.29, 0.717) is 10.5 Å². The number of carboxylic acid groups (broad SMARTS) is 1. The van der Waals surface area contributed by atoms with E-state index in [-0.39, 0.29) is 44.8 Å². The summed E-state index contributed by atoms with van der Waals surface area (Å²) in [6, 6.07) is 8.81. The van der Waals surface area contributed by atoms with Crippen molar-refractivity contribution in [1.29, 1.82) is 0 Å². The first kappa shape index (κ1) is 20.2. The zero-order chi connectivity index (χ0) is 20.5. The van der Waals surface area contributed by atoms with Gasteiger partial charge in [-0.3, -0.25) is 14.4 Å². The Bertz CT molecular complexity index is 758. The fraction of sp³-hybridized carbons (Fsp3) is 0.526. The van der Waals surface area contributed by atoms with E-state index >= 15 is 0 Å². The van der Waals surface area contributed by atoms with Gasteiger partial charge < -0.3 is 14.9 Å². The fourth-order valence-corrected chi connectivity index (χ4v) is 4.06. The predicted molar refractivity (Wildman–Crippen MR) is 92.3 cm³/mol. The predicted octanol–water partition coefficient (Wildman–Crippen LogP) is 2.04. The summed E-state index contributed by atoms with van der Waals surface area (Å²) in [4.78, 5) is 38.6. The molecule has 0 radical (unpaired) electrons. The van der Waals surface area contributed by atoms with Crippen LogP contribution < -0.4 is 0 Å². The van der Waals surface area contributed by atoms with E-state index in [2.05, 4.69) is 0 Å². The number of alkyl halides is 3. The van der Waals surface area contributed by atoms with Crippen molar-refractivity contribution in [3.05, 3.63) is 35.9 Å². The molecule has 2 aliphatic heterocycles. The minimum absolute atomic E-state index is 0.185. The Labute approximate surface area is 159 Å². The Morgan fingerprint density at radius 3 is 2.29 bits per heavy atom. The van der Waals surface area contributed by atoms with Crippen LogP contribution in [0.5, 0.6) is 0 Å². The molecular weight excluding hydrogens is 377 g/mol. The average molecular weight is 398 g/mol. The van der Waals surface area contributed by atoms with Crippen molar-refractivity contribution in [2.75, 3.05) is 26.2 Å².